The van der Waals surface area contributed by atoms with Crippen LogP contribution in [0, 0.1) is 5.92 Å². The second-order valence-electron chi connectivity index (χ2n) is 4.17. The molecule has 0 radical (unpaired) electrons. The maximum Gasteiger partial charge on any atom is 0.261 e. The van der Waals surface area contributed by atoms with Gasteiger partial charge in [-0.2, -0.15) is 0 Å². The van der Waals surface area contributed by atoms with Crippen molar-refractivity contribution in [2.24, 2.45) is 5.92 Å². The summed E-state index contributed by atoms with van der Waals surface area (Å²) in [6, 6.07) is 0. The van der Waals surface area contributed by atoms with E-state index in [1.165, 1.54) is 0 Å². The highest BCUT2D eigenvalue weighted by molar-refractivity contribution is 4.54. The van der Waals surface area contributed by atoms with Crippen LogP contribution in [0.1, 0.15) is 20.3 Å². The zero-order valence-electron chi connectivity index (χ0n) is 10.3. The van der Waals surface area contributed by atoms with Gasteiger partial charge >= 0.3 is 0 Å². The molecule has 0 unspecified atom stereocenters. The summed E-state index contributed by atoms with van der Waals surface area (Å²) in [7, 11) is 0. The lowest BCUT2D eigenvalue weighted by Crippen LogP contribution is -2.30. The number of alkyl halides is 2. The zero-order valence-corrected chi connectivity index (χ0v) is 10.3. The zero-order chi connectivity index (χ0) is 12.2. The summed E-state index contributed by atoms with van der Waals surface area (Å²) < 4.78 is 28.1. The molecule has 0 atom stereocenters. The Labute approximate surface area is 96.9 Å². The molecule has 0 saturated carbocycles. The summed E-state index contributed by atoms with van der Waals surface area (Å²) in [4.78, 5) is 0. The average Bonchev–Trinajstić information content (AvgIpc) is 2.20. The van der Waals surface area contributed by atoms with Crippen LogP contribution >= 0.6 is 0 Å². The molecule has 0 aliphatic heterocycles. The number of nitrogens with one attached hydrogen (secondary N) is 2. The van der Waals surface area contributed by atoms with E-state index in [0.717, 1.165) is 32.6 Å². The van der Waals surface area contributed by atoms with Crippen molar-refractivity contribution in [3.63, 3.8) is 0 Å². The molecule has 0 heterocycles. The standard InChI is InChI=1S/C11H24F2N2O/c1-10(2)8-15-6-5-14-4-3-7-16-9-11(12)13/h10-11,14-15H,3-9H2,1-2H3. The number of halogens is 2. The van der Waals surface area contributed by atoms with Crippen molar-refractivity contribution < 1.29 is 13.5 Å². The van der Waals surface area contributed by atoms with Gasteiger partial charge in [0.25, 0.3) is 6.43 Å². The topological polar surface area (TPSA) is 33.3 Å². The first-order valence-electron chi connectivity index (χ1n) is 5.90. The Morgan fingerprint density at radius 2 is 1.75 bits per heavy atom. The Morgan fingerprint density at radius 3 is 2.38 bits per heavy atom. The Morgan fingerprint density at radius 1 is 1.06 bits per heavy atom. The monoisotopic (exact) mass is 238 g/mol. The van der Waals surface area contributed by atoms with E-state index in [1.54, 1.807) is 0 Å². The van der Waals surface area contributed by atoms with Gasteiger partial charge in [-0.25, -0.2) is 8.78 Å². The molecule has 0 aromatic rings. The van der Waals surface area contributed by atoms with Crippen molar-refractivity contribution in [3.05, 3.63) is 0 Å². The minimum absolute atomic E-state index is 0.400. The van der Waals surface area contributed by atoms with Crippen LogP contribution in [-0.4, -0.2) is 45.8 Å². The van der Waals surface area contributed by atoms with Crippen molar-refractivity contribution in [2.45, 2.75) is 26.7 Å². The van der Waals surface area contributed by atoms with Crippen LogP contribution < -0.4 is 10.6 Å². The van der Waals surface area contributed by atoms with Crippen LogP contribution in [0.15, 0.2) is 0 Å². The van der Waals surface area contributed by atoms with E-state index in [0.29, 0.717) is 12.5 Å². The molecule has 3 nitrogen and oxygen atoms in total. The Balaban J connectivity index is 2.93. The Hall–Kier alpha value is -0.260. The second kappa shape index (κ2) is 11.2. The molecule has 0 saturated heterocycles. The number of ether oxygens (including phenoxy) is 1. The molecule has 0 aliphatic rings. The van der Waals surface area contributed by atoms with E-state index in [2.05, 4.69) is 24.5 Å². The lowest BCUT2D eigenvalue weighted by molar-refractivity contribution is 0.0168. The number of hydrogen-bond acceptors (Lipinski definition) is 3. The van der Waals surface area contributed by atoms with Crippen molar-refractivity contribution in [2.75, 3.05) is 39.4 Å². The van der Waals surface area contributed by atoms with Gasteiger partial charge in [0.2, 0.25) is 0 Å². The van der Waals surface area contributed by atoms with E-state index < -0.39 is 13.0 Å². The highest BCUT2D eigenvalue weighted by atomic mass is 19.3. The molecule has 0 rings (SSSR count). The first-order valence-corrected chi connectivity index (χ1v) is 5.90. The van der Waals surface area contributed by atoms with E-state index in [1.807, 2.05) is 0 Å². The van der Waals surface area contributed by atoms with Crippen LogP contribution in [-0.2, 0) is 4.74 Å². The molecule has 0 spiro atoms. The van der Waals surface area contributed by atoms with Gasteiger partial charge in [-0.15, -0.1) is 0 Å². The molecule has 0 aromatic heterocycles. The maximum atomic E-state index is 11.7. The Kier molecular flexibility index (Phi) is 11.0. The molecule has 0 bridgehead atoms. The van der Waals surface area contributed by atoms with Crippen molar-refractivity contribution in [3.8, 4) is 0 Å². The van der Waals surface area contributed by atoms with Crippen molar-refractivity contribution in [1.82, 2.24) is 10.6 Å². The minimum atomic E-state index is -2.35. The van der Waals surface area contributed by atoms with Crippen LogP contribution in [0.25, 0.3) is 0 Å². The lowest BCUT2D eigenvalue weighted by Gasteiger charge is -2.08. The van der Waals surface area contributed by atoms with E-state index in [4.69, 9.17) is 4.74 Å². The third-order valence-corrected chi connectivity index (χ3v) is 1.92. The summed E-state index contributed by atoms with van der Waals surface area (Å²) in [5.41, 5.74) is 0. The molecule has 16 heavy (non-hydrogen) atoms. The Bertz CT molecular complexity index is 130. The van der Waals surface area contributed by atoms with Crippen LogP contribution in [0.5, 0.6) is 0 Å². The highest BCUT2D eigenvalue weighted by Crippen LogP contribution is 1.92. The smallest absolute Gasteiger partial charge is 0.261 e. The third kappa shape index (κ3) is 13.7. The van der Waals surface area contributed by atoms with Gasteiger partial charge < -0.3 is 15.4 Å². The molecular weight excluding hydrogens is 214 g/mol. The molecule has 98 valence electrons. The highest BCUT2D eigenvalue weighted by Gasteiger charge is 2.00. The van der Waals surface area contributed by atoms with Crippen LogP contribution in [0.4, 0.5) is 8.78 Å². The molecule has 2 N–H and O–H groups in total. The fourth-order valence-corrected chi connectivity index (χ4v) is 1.16. The molecule has 0 aliphatic carbocycles. The predicted molar refractivity (Wildman–Crippen MR) is 62.0 cm³/mol. The number of hydrogen-bond donors (Lipinski definition) is 2. The van der Waals surface area contributed by atoms with Gasteiger partial charge in [-0.3, -0.25) is 0 Å². The minimum Gasteiger partial charge on any atom is -0.375 e. The van der Waals surface area contributed by atoms with E-state index >= 15 is 0 Å². The van der Waals surface area contributed by atoms with Gasteiger partial charge in [0, 0.05) is 19.7 Å². The molecular formula is C11H24F2N2O. The second-order valence-corrected chi connectivity index (χ2v) is 4.17. The van der Waals surface area contributed by atoms with Gasteiger partial charge in [0.05, 0.1) is 0 Å². The lowest BCUT2D eigenvalue weighted by atomic mass is 10.2. The van der Waals surface area contributed by atoms with Gasteiger partial charge in [-0.05, 0) is 25.4 Å². The first kappa shape index (κ1) is 15.7. The fraction of sp³-hybridized carbons (Fsp3) is 1.00. The van der Waals surface area contributed by atoms with Gasteiger partial charge in [-0.1, -0.05) is 13.8 Å². The third-order valence-electron chi connectivity index (χ3n) is 1.92. The van der Waals surface area contributed by atoms with Crippen molar-refractivity contribution >= 4 is 0 Å². The van der Waals surface area contributed by atoms with Crippen LogP contribution in [0.2, 0.25) is 0 Å². The van der Waals surface area contributed by atoms with Crippen LogP contribution in [0.3, 0.4) is 0 Å². The van der Waals surface area contributed by atoms with E-state index in [-0.39, 0.29) is 0 Å². The molecule has 5 heteroatoms. The average molecular weight is 238 g/mol. The summed E-state index contributed by atoms with van der Waals surface area (Å²) in [5, 5.41) is 6.53. The molecule has 0 amide bonds. The number of rotatable bonds is 11. The largest absolute Gasteiger partial charge is 0.375 e. The van der Waals surface area contributed by atoms with E-state index in [9.17, 15) is 8.78 Å². The quantitative estimate of drug-likeness (QED) is 0.535. The molecule has 0 aromatic carbocycles. The normalized spacial score (nSPS) is 11.6. The predicted octanol–water partition coefficient (Wildman–Crippen LogP) is 1.49. The maximum absolute atomic E-state index is 11.7. The van der Waals surface area contributed by atoms with Crippen molar-refractivity contribution in [1.29, 1.82) is 0 Å². The van der Waals surface area contributed by atoms with Gasteiger partial charge in [0.15, 0.2) is 0 Å². The summed E-state index contributed by atoms with van der Waals surface area (Å²) in [6.45, 7) is 7.97. The summed E-state index contributed by atoms with van der Waals surface area (Å²) in [5.74, 6) is 0.669. The SMILES string of the molecule is CC(C)CNCCNCCCOCC(F)F. The summed E-state index contributed by atoms with van der Waals surface area (Å²) in [6.07, 6.45) is -1.58. The first-order chi connectivity index (χ1) is 7.63. The summed E-state index contributed by atoms with van der Waals surface area (Å²) >= 11 is 0. The molecule has 0 fully saturated rings. The fourth-order valence-electron chi connectivity index (χ4n) is 1.16. The van der Waals surface area contributed by atoms with Gasteiger partial charge in [0.1, 0.15) is 6.61 Å².